The van der Waals surface area contributed by atoms with Crippen LogP contribution in [0.2, 0.25) is 0 Å². The molecule has 0 aliphatic carbocycles. The van der Waals surface area contributed by atoms with Gasteiger partial charge in [0.05, 0.1) is 16.6 Å². The third kappa shape index (κ3) is 3.11. The molecule has 1 unspecified atom stereocenters. The van der Waals surface area contributed by atoms with Gasteiger partial charge in [-0.3, -0.25) is 5.10 Å². The van der Waals surface area contributed by atoms with Crippen LogP contribution in [0.5, 0.6) is 5.75 Å². The van der Waals surface area contributed by atoms with Crippen molar-refractivity contribution in [3.8, 4) is 28.1 Å². The fourth-order valence-electron chi connectivity index (χ4n) is 3.23. The predicted molar refractivity (Wildman–Crippen MR) is 105 cm³/mol. The van der Waals surface area contributed by atoms with Crippen LogP contribution in [0.3, 0.4) is 0 Å². The maximum absolute atomic E-state index is 10.5. The first-order valence-corrected chi connectivity index (χ1v) is 9.52. The number of phenols is 1. The van der Waals surface area contributed by atoms with Crippen LogP contribution >= 0.6 is 11.3 Å². The lowest BCUT2D eigenvalue weighted by Gasteiger charge is -2.08. The van der Waals surface area contributed by atoms with Gasteiger partial charge in [-0.05, 0) is 36.7 Å². The zero-order chi connectivity index (χ0) is 18.2. The van der Waals surface area contributed by atoms with Gasteiger partial charge in [0, 0.05) is 29.9 Å². The van der Waals surface area contributed by atoms with E-state index < -0.39 is 0 Å². The third-order valence-electron chi connectivity index (χ3n) is 4.65. The Labute approximate surface area is 158 Å². The Hall–Kier alpha value is -3.04. The van der Waals surface area contributed by atoms with E-state index in [1.165, 1.54) is 0 Å². The largest absolute Gasteiger partial charge is 0.507 e. The van der Waals surface area contributed by atoms with E-state index >= 15 is 0 Å². The number of nitrogens with zero attached hydrogens (tertiary/aromatic N) is 4. The van der Waals surface area contributed by atoms with Crippen LogP contribution in [-0.4, -0.2) is 49.6 Å². The van der Waals surface area contributed by atoms with Crippen LogP contribution in [-0.2, 0) is 0 Å². The molecule has 0 radical (unpaired) electrons. The van der Waals surface area contributed by atoms with Gasteiger partial charge in [-0.25, -0.2) is 0 Å². The van der Waals surface area contributed by atoms with Crippen molar-refractivity contribution in [1.82, 2.24) is 30.7 Å². The number of H-pyrrole nitrogens is 1. The molecular formula is C18H17N7OS. The zero-order valence-corrected chi connectivity index (χ0v) is 15.1. The lowest BCUT2D eigenvalue weighted by Crippen LogP contribution is -2.21. The molecule has 4 aromatic rings. The van der Waals surface area contributed by atoms with Crippen LogP contribution in [0.25, 0.3) is 32.7 Å². The highest BCUT2D eigenvalue weighted by atomic mass is 32.1. The van der Waals surface area contributed by atoms with E-state index in [0.717, 1.165) is 40.5 Å². The molecule has 1 saturated heterocycles. The summed E-state index contributed by atoms with van der Waals surface area (Å²) in [6.45, 7) is 1.98. The van der Waals surface area contributed by atoms with Gasteiger partial charge < -0.3 is 15.7 Å². The molecule has 1 fully saturated rings. The first kappa shape index (κ1) is 16.2. The van der Waals surface area contributed by atoms with E-state index in [1.807, 2.05) is 18.2 Å². The summed E-state index contributed by atoms with van der Waals surface area (Å²) in [6.07, 6.45) is 4.59. The minimum Gasteiger partial charge on any atom is -0.507 e. The molecule has 5 rings (SSSR count). The van der Waals surface area contributed by atoms with Crippen molar-refractivity contribution in [3.63, 3.8) is 0 Å². The Morgan fingerprint density at radius 2 is 2.15 bits per heavy atom. The summed E-state index contributed by atoms with van der Waals surface area (Å²) in [5.41, 5.74) is 3.68. The Morgan fingerprint density at radius 1 is 1.19 bits per heavy atom. The first-order chi connectivity index (χ1) is 13.3. The fraction of sp³-hybridized carbons (Fsp3) is 0.222. The summed E-state index contributed by atoms with van der Waals surface area (Å²) in [5, 5.41) is 33.3. The molecule has 1 atom stereocenters. The van der Waals surface area contributed by atoms with Gasteiger partial charge in [-0.1, -0.05) is 17.4 Å². The molecule has 0 spiro atoms. The molecule has 3 aromatic heterocycles. The Bertz CT molecular complexity index is 1090. The molecule has 27 heavy (non-hydrogen) atoms. The van der Waals surface area contributed by atoms with Gasteiger partial charge in [0.2, 0.25) is 0 Å². The fourth-order valence-corrected chi connectivity index (χ4v) is 4.14. The topological polar surface area (TPSA) is 112 Å². The normalized spacial score (nSPS) is 16.8. The Morgan fingerprint density at radius 3 is 2.93 bits per heavy atom. The van der Waals surface area contributed by atoms with E-state index in [1.54, 1.807) is 29.8 Å². The van der Waals surface area contributed by atoms with Gasteiger partial charge in [0.1, 0.15) is 5.75 Å². The number of nitrogens with one attached hydrogen (secondary N) is 3. The first-order valence-electron chi connectivity index (χ1n) is 8.70. The number of fused-ring (bicyclic) bond motifs is 1. The number of aromatic nitrogens is 5. The monoisotopic (exact) mass is 379 g/mol. The molecule has 4 heterocycles. The van der Waals surface area contributed by atoms with E-state index in [4.69, 9.17) is 0 Å². The summed E-state index contributed by atoms with van der Waals surface area (Å²) in [4.78, 5) is 4.51. The van der Waals surface area contributed by atoms with Crippen LogP contribution in [0.15, 0.2) is 36.7 Å². The van der Waals surface area contributed by atoms with Gasteiger partial charge in [0.25, 0.3) is 0 Å². The van der Waals surface area contributed by atoms with Crippen LogP contribution in [0.4, 0.5) is 5.13 Å². The maximum atomic E-state index is 10.5. The average molecular weight is 379 g/mol. The Balaban J connectivity index is 1.46. The van der Waals surface area contributed by atoms with Crippen LogP contribution < -0.4 is 10.6 Å². The second-order valence-electron chi connectivity index (χ2n) is 6.49. The third-order valence-corrected chi connectivity index (χ3v) is 5.57. The lowest BCUT2D eigenvalue weighted by atomic mass is 10.0. The van der Waals surface area contributed by atoms with Crippen molar-refractivity contribution in [3.05, 3.63) is 36.7 Å². The van der Waals surface area contributed by atoms with Crippen LogP contribution in [0.1, 0.15) is 6.42 Å². The Kier molecular flexibility index (Phi) is 3.95. The van der Waals surface area contributed by atoms with Gasteiger partial charge in [-0.15, -0.1) is 10.2 Å². The number of thiazole rings is 1. The molecule has 1 aromatic carbocycles. The van der Waals surface area contributed by atoms with E-state index in [2.05, 4.69) is 36.0 Å². The molecule has 8 nitrogen and oxygen atoms in total. The molecule has 0 saturated carbocycles. The molecule has 1 aliphatic rings. The number of benzene rings is 1. The number of aromatic amines is 1. The molecular weight excluding hydrogens is 362 g/mol. The van der Waals surface area contributed by atoms with Crippen LogP contribution in [0, 0.1) is 0 Å². The predicted octanol–water partition coefficient (Wildman–Crippen LogP) is 2.62. The summed E-state index contributed by atoms with van der Waals surface area (Å²) in [5.74, 6) is 0.155. The lowest BCUT2D eigenvalue weighted by molar-refractivity contribution is 0.477. The number of phenolic OH excluding ortho intramolecular Hbond substituents is 1. The van der Waals surface area contributed by atoms with Gasteiger partial charge in [-0.2, -0.15) is 10.1 Å². The van der Waals surface area contributed by atoms with E-state index in [9.17, 15) is 5.11 Å². The molecule has 0 amide bonds. The average Bonchev–Trinajstić information content (AvgIpc) is 3.43. The van der Waals surface area contributed by atoms with Crippen molar-refractivity contribution in [2.75, 3.05) is 18.4 Å². The second-order valence-corrected chi connectivity index (χ2v) is 7.52. The van der Waals surface area contributed by atoms with Crippen molar-refractivity contribution in [2.24, 2.45) is 0 Å². The summed E-state index contributed by atoms with van der Waals surface area (Å²) >= 11 is 1.55. The van der Waals surface area contributed by atoms with Crippen molar-refractivity contribution >= 4 is 26.8 Å². The van der Waals surface area contributed by atoms with Crippen molar-refractivity contribution in [2.45, 2.75) is 12.5 Å². The standard InChI is InChI=1S/C18H17N7OS/c26-15-5-10(11-7-20-21-8-11)1-2-13(15)14-6-16-17(25-24-14)23-18(27-16)22-12-3-4-19-9-12/h1-2,5-8,12,19,26H,3-4,9H2,(H,20,21)(H,22,23,25). The van der Waals surface area contributed by atoms with Gasteiger partial charge in [0.15, 0.2) is 10.8 Å². The highest BCUT2D eigenvalue weighted by molar-refractivity contribution is 7.22. The van der Waals surface area contributed by atoms with Crippen molar-refractivity contribution in [1.29, 1.82) is 0 Å². The summed E-state index contributed by atoms with van der Waals surface area (Å²) < 4.78 is 0.937. The summed E-state index contributed by atoms with van der Waals surface area (Å²) in [6, 6.07) is 7.80. The number of hydrogen-bond donors (Lipinski definition) is 4. The number of anilines is 1. The summed E-state index contributed by atoms with van der Waals surface area (Å²) in [7, 11) is 0. The molecule has 0 bridgehead atoms. The minimum absolute atomic E-state index is 0.155. The molecule has 1 aliphatic heterocycles. The highest BCUT2D eigenvalue weighted by Crippen LogP contribution is 2.34. The maximum Gasteiger partial charge on any atom is 0.194 e. The van der Waals surface area contributed by atoms with Gasteiger partial charge >= 0.3 is 0 Å². The van der Waals surface area contributed by atoms with Crippen molar-refractivity contribution < 1.29 is 5.11 Å². The van der Waals surface area contributed by atoms with E-state index in [0.29, 0.717) is 22.9 Å². The molecule has 4 N–H and O–H groups in total. The molecule has 9 heteroatoms. The minimum atomic E-state index is 0.155. The quantitative estimate of drug-likeness (QED) is 0.431. The number of aromatic hydroxyl groups is 1. The highest BCUT2D eigenvalue weighted by Gasteiger charge is 2.17. The number of rotatable bonds is 4. The smallest absolute Gasteiger partial charge is 0.194 e. The zero-order valence-electron chi connectivity index (χ0n) is 14.3. The van der Waals surface area contributed by atoms with E-state index in [-0.39, 0.29) is 5.75 Å². The second kappa shape index (κ2) is 6.60. The number of hydrogen-bond acceptors (Lipinski definition) is 8. The SMILES string of the molecule is Oc1cc(-c2cn[nH]c2)ccc1-c1cc2sc(NC3CCNC3)nc2nn1. The molecule has 136 valence electrons.